The molecule has 17 heavy (non-hydrogen) atoms. The largest absolute Gasteiger partial charge is 0.384 e. The molecule has 3 heteroatoms. The fraction of sp³-hybridized carbons (Fsp3) is 0.286. The quantitative estimate of drug-likeness (QED) is 0.886. The van der Waals surface area contributed by atoms with E-state index >= 15 is 0 Å². The second-order valence-corrected chi connectivity index (χ2v) is 6.76. The first kappa shape index (κ1) is 11.5. The predicted octanol–water partition coefficient (Wildman–Crippen LogP) is 4.08. The van der Waals surface area contributed by atoms with Gasteiger partial charge in [0.1, 0.15) is 6.10 Å². The van der Waals surface area contributed by atoms with Gasteiger partial charge in [-0.05, 0) is 68.9 Å². The van der Waals surface area contributed by atoms with Crippen molar-refractivity contribution in [2.24, 2.45) is 0 Å². The highest BCUT2D eigenvalue weighted by molar-refractivity contribution is 9.11. The van der Waals surface area contributed by atoms with Crippen molar-refractivity contribution >= 4 is 27.3 Å². The van der Waals surface area contributed by atoms with Crippen LogP contribution < -0.4 is 0 Å². The Morgan fingerprint density at radius 1 is 1.12 bits per heavy atom. The van der Waals surface area contributed by atoms with Gasteiger partial charge in [0.15, 0.2) is 0 Å². The summed E-state index contributed by atoms with van der Waals surface area (Å²) in [5.74, 6) is 0. The number of thiophene rings is 1. The van der Waals surface area contributed by atoms with E-state index in [0.717, 1.165) is 21.3 Å². The fourth-order valence-corrected chi connectivity index (χ4v) is 3.62. The van der Waals surface area contributed by atoms with Crippen LogP contribution in [0.4, 0.5) is 0 Å². The number of fused-ring (bicyclic) bond motifs is 1. The van der Waals surface area contributed by atoms with Gasteiger partial charge in [0.05, 0.1) is 3.79 Å². The summed E-state index contributed by atoms with van der Waals surface area (Å²) in [4.78, 5) is 0. The topological polar surface area (TPSA) is 20.2 Å². The van der Waals surface area contributed by atoms with Gasteiger partial charge in [0.25, 0.3) is 0 Å². The molecule has 0 radical (unpaired) electrons. The summed E-state index contributed by atoms with van der Waals surface area (Å²) in [5, 5.41) is 12.3. The van der Waals surface area contributed by atoms with E-state index in [1.54, 1.807) is 11.3 Å². The molecular formula is C14H13BrOS. The first-order chi connectivity index (χ1) is 8.24. The van der Waals surface area contributed by atoms with Crippen LogP contribution in [-0.4, -0.2) is 5.11 Å². The third-order valence-electron chi connectivity index (χ3n) is 3.34. The Hall–Kier alpha value is -0.640. The summed E-state index contributed by atoms with van der Waals surface area (Å²) in [6.07, 6.45) is 3.10. The molecule has 0 bridgehead atoms. The third-order valence-corrected chi connectivity index (χ3v) is 4.86. The van der Waals surface area contributed by atoms with Crippen molar-refractivity contribution in [2.75, 3.05) is 0 Å². The van der Waals surface area contributed by atoms with Gasteiger partial charge in [0.2, 0.25) is 0 Å². The predicted molar refractivity (Wildman–Crippen MR) is 74.5 cm³/mol. The molecule has 0 saturated carbocycles. The van der Waals surface area contributed by atoms with Gasteiger partial charge in [-0.2, -0.15) is 0 Å². The van der Waals surface area contributed by atoms with Gasteiger partial charge in [-0.25, -0.2) is 0 Å². The lowest BCUT2D eigenvalue weighted by atomic mass is 10.00. The summed E-state index contributed by atoms with van der Waals surface area (Å²) in [6.45, 7) is 0. The molecule has 1 aliphatic carbocycles. The van der Waals surface area contributed by atoms with Crippen LogP contribution in [0, 0.1) is 0 Å². The molecule has 1 heterocycles. The summed E-state index contributed by atoms with van der Waals surface area (Å²) in [5.41, 5.74) is 4.85. The van der Waals surface area contributed by atoms with E-state index in [0.29, 0.717) is 0 Å². The highest BCUT2D eigenvalue weighted by atomic mass is 79.9. The second-order valence-electron chi connectivity index (χ2n) is 4.47. The smallest absolute Gasteiger partial charge is 0.105 e. The van der Waals surface area contributed by atoms with Gasteiger partial charge < -0.3 is 5.11 Å². The first-order valence-corrected chi connectivity index (χ1v) is 7.45. The summed E-state index contributed by atoms with van der Waals surface area (Å²) in [7, 11) is 0. The minimum absolute atomic E-state index is 0.497. The molecule has 1 N–H and O–H groups in total. The minimum atomic E-state index is -0.497. The van der Waals surface area contributed by atoms with Crippen LogP contribution in [0.2, 0.25) is 0 Å². The van der Waals surface area contributed by atoms with E-state index in [9.17, 15) is 5.11 Å². The Labute approximate surface area is 113 Å². The van der Waals surface area contributed by atoms with Crippen molar-refractivity contribution in [3.8, 4) is 0 Å². The normalized spacial score (nSPS) is 15.9. The molecule has 1 aromatic carbocycles. The van der Waals surface area contributed by atoms with Crippen LogP contribution in [0.1, 0.15) is 34.8 Å². The lowest BCUT2D eigenvalue weighted by molar-refractivity contribution is 0.220. The van der Waals surface area contributed by atoms with Crippen LogP contribution in [0.5, 0.6) is 0 Å². The lowest BCUT2D eigenvalue weighted by Gasteiger charge is -2.11. The van der Waals surface area contributed by atoms with Crippen molar-refractivity contribution in [1.82, 2.24) is 0 Å². The summed E-state index contributed by atoms with van der Waals surface area (Å²) in [6, 6.07) is 8.38. The number of hydrogen-bond acceptors (Lipinski definition) is 2. The second kappa shape index (κ2) is 4.56. The van der Waals surface area contributed by atoms with Crippen molar-refractivity contribution in [1.29, 1.82) is 0 Å². The zero-order chi connectivity index (χ0) is 11.8. The first-order valence-electron chi connectivity index (χ1n) is 5.78. The maximum absolute atomic E-state index is 10.3. The van der Waals surface area contributed by atoms with E-state index in [1.165, 1.54) is 24.0 Å². The zero-order valence-corrected chi connectivity index (χ0v) is 11.7. The lowest BCUT2D eigenvalue weighted by Crippen LogP contribution is -1.99. The monoisotopic (exact) mass is 308 g/mol. The van der Waals surface area contributed by atoms with E-state index < -0.39 is 6.10 Å². The molecule has 0 saturated heterocycles. The molecule has 1 aromatic heterocycles. The average Bonchev–Trinajstić information content (AvgIpc) is 2.95. The van der Waals surface area contributed by atoms with Crippen LogP contribution in [0.15, 0.2) is 33.4 Å². The molecule has 0 fully saturated rings. The maximum atomic E-state index is 10.3. The summed E-state index contributed by atoms with van der Waals surface area (Å²) >= 11 is 5.04. The van der Waals surface area contributed by atoms with Gasteiger partial charge in [-0.15, -0.1) is 11.3 Å². The number of aliphatic hydroxyl groups is 1. The number of aliphatic hydroxyl groups excluding tert-OH is 1. The van der Waals surface area contributed by atoms with E-state index in [2.05, 4.69) is 34.1 Å². The molecule has 1 unspecified atom stereocenters. The number of aryl methyl sites for hydroxylation is 2. The number of rotatable bonds is 2. The standard InChI is InChI=1S/C14H13BrOS/c15-13-7-12(8-17-13)14(16)11-5-4-9-2-1-3-10(9)6-11/h4-8,14,16H,1-3H2. The number of hydrogen-bond donors (Lipinski definition) is 1. The van der Waals surface area contributed by atoms with Crippen molar-refractivity contribution in [3.63, 3.8) is 0 Å². The molecule has 88 valence electrons. The van der Waals surface area contributed by atoms with E-state index in [4.69, 9.17) is 0 Å². The molecule has 0 aliphatic heterocycles. The van der Waals surface area contributed by atoms with Gasteiger partial charge in [-0.1, -0.05) is 18.2 Å². The zero-order valence-electron chi connectivity index (χ0n) is 9.32. The highest BCUT2D eigenvalue weighted by Crippen LogP contribution is 2.31. The molecule has 0 spiro atoms. The molecule has 1 nitrogen and oxygen atoms in total. The average molecular weight is 309 g/mol. The molecule has 0 amide bonds. The molecule has 1 aliphatic rings. The van der Waals surface area contributed by atoms with Crippen LogP contribution in [0.25, 0.3) is 0 Å². The number of halogens is 1. The summed E-state index contributed by atoms with van der Waals surface area (Å²) < 4.78 is 1.06. The fourth-order valence-electron chi connectivity index (χ4n) is 2.42. The Morgan fingerprint density at radius 2 is 1.94 bits per heavy atom. The van der Waals surface area contributed by atoms with Gasteiger partial charge >= 0.3 is 0 Å². The molecule has 3 rings (SSSR count). The van der Waals surface area contributed by atoms with Crippen LogP contribution in [-0.2, 0) is 12.8 Å². The van der Waals surface area contributed by atoms with Crippen molar-refractivity contribution < 1.29 is 5.11 Å². The minimum Gasteiger partial charge on any atom is -0.384 e. The van der Waals surface area contributed by atoms with Gasteiger partial charge in [0, 0.05) is 0 Å². The van der Waals surface area contributed by atoms with E-state index in [1.807, 2.05) is 11.4 Å². The highest BCUT2D eigenvalue weighted by Gasteiger charge is 2.16. The Bertz CT molecular complexity index is 547. The van der Waals surface area contributed by atoms with Crippen LogP contribution >= 0.6 is 27.3 Å². The molecule has 1 atom stereocenters. The van der Waals surface area contributed by atoms with Gasteiger partial charge in [-0.3, -0.25) is 0 Å². The van der Waals surface area contributed by atoms with Crippen molar-refractivity contribution in [2.45, 2.75) is 25.4 Å². The van der Waals surface area contributed by atoms with Crippen LogP contribution in [0.3, 0.4) is 0 Å². The van der Waals surface area contributed by atoms with Crippen molar-refractivity contribution in [3.05, 3.63) is 55.7 Å². The maximum Gasteiger partial charge on any atom is 0.105 e. The SMILES string of the molecule is OC(c1csc(Br)c1)c1ccc2c(c1)CCC2. The molecule has 2 aromatic rings. The Morgan fingerprint density at radius 3 is 2.71 bits per heavy atom. The third kappa shape index (κ3) is 2.19. The van der Waals surface area contributed by atoms with E-state index in [-0.39, 0.29) is 0 Å². The Kier molecular flexibility index (Phi) is 3.07. The Balaban J connectivity index is 1.94. The number of benzene rings is 1. The molecular weight excluding hydrogens is 296 g/mol.